The quantitative estimate of drug-likeness (QED) is 0.876. The van der Waals surface area contributed by atoms with E-state index in [1.807, 2.05) is 32.0 Å². The molecule has 4 nitrogen and oxygen atoms in total. The second kappa shape index (κ2) is 4.55. The number of hydrogen-bond donors (Lipinski definition) is 2. The maximum absolute atomic E-state index is 11.3. The summed E-state index contributed by atoms with van der Waals surface area (Å²) in [4.78, 5) is 16.6. The van der Waals surface area contributed by atoms with Crippen LogP contribution in [0.2, 0.25) is 0 Å². The van der Waals surface area contributed by atoms with E-state index in [4.69, 9.17) is 5.73 Å². The number of carbonyl (C=O) groups is 1. The first-order valence-electron chi connectivity index (χ1n) is 5.17. The van der Waals surface area contributed by atoms with Crippen LogP contribution in [-0.4, -0.2) is 10.9 Å². The standard InChI is InChI=1S/C12H13N3OS/c1-7-4-3-5-10(14-7)15-12-9(11(13)16)6-8(2)17-12/h3-6H,1-2H3,(H2,13,16)(H,14,15). The number of nitrogens with two attached hydrogens (primary N) is 1. The lowest BCUT2D eigenvalue weighted by Gasteiger charge is -2.05. The van der Waals surface area contributed by atoms with Crippen molar-refractivity contribution < 1.29 is 4.79 Å². The largest absolute Gasteiger partial charge is 0.366 e. The number of nitrogens with one attached hydrogen (secondary N) is 1. The summed E-state index contributed by atoms with van der Waals surface area (Å²) in [5.74, 6) is 0.291. The molecule has 0 aromatic carbocycles. The van der Waals surface area contributed by atoms with Gasteiger partial charge in [-0.1, -0.05) is 6.07 Å². The highest BCUT2D eigenvalue weighted by Gasteiger charge is 2.12. The fraction of sp³-hybridized carbons (Fsp3) is 0.167. The first-order valence-corrected chi connectivity index (χ1v) is 5.99. The minimum Gasteiger partial charge on any atom is -0.366 e. The van der Waals surface area contributed by atoms with Crippen molar-refractivity contribution in [2.45, 2.75) is 13.8 Å². The lowest BCUT2D eigenvalue weighted by molar-refractivity contribution is 0.100. The molecule has 3 N–H and O–H groups in total. The van der Waals surface area contributed by atoms with E-state index >= 15 is 0 Å². The van der Waals surface area contributed by atoms with E-state index in [0.29, 0.717) is 11.4 Å². The van der Waals surface area contributed by atoms with Crippen molar-refractivity contribution >= 4 is 28.1 Å². The van der Waals surface area contributed by atoms with Gasteiger partial charge < -0.3 is 11.1 Å². The molecule has 0 fully saturated rings. The highest BCUT2D eigenvalue weighted by Crippen LogP contribution is 2.29. The molecule has 2 aromatic rings. The number of hydrogen-bond acceptors (Lipinski definition) is 4. The van der Waals surface area contributed by atoms with E-state index in [-0.39, 0.29) is 0 Å². The summed E-state index contributed by atoms with van der Waals surface area (Å²) in [6, 6.07) is 7.47. The molecular formula is C12H13N3OS. The van der Waals surface area contributed by atoms with Crippen molar-refractivity contribution in [1.82, 2.24) is 4.98 Å². The Hall–Kier alpha value is -1.88. The van der Waals surface area contributed by atoms with Gasteiger partial charge in [0.15, 0.2) is 0 Å². The Morgan fingerprint density at radius 3 is 2.82 bits per heavy atom. The second-order valence-electron chi connectivity index (χ2n) is 3.75. The lowest BCUT2D eigenvalue weighted by Crippen LogP contribution is -2.11. The third kappa shape index (κ3) is 2.62. The van der Waals surface area contributed by atoms with Crippen molar-refractivity contribution in [3.63, 3.8) is 0 Å². The van der Waals surface area contributed by atoms with E-state index in [1.165, 1.54) is 11.3 Å². The number of anilines is 2. The molecule has 0 aliphatic heterocycles. The van der Waals surface area contributed by atoms with Crippen LogP contribution in [0.1, 0.15) is 20.9 Å². The summed E-state index contributed by atoms with van der Waals surface area (Å²) in [5.41, 5.74) is 6.75. The van der Waals surface area contributed by atoms with Crippen LogP contribution in [0.5, 0.6) is 0 Å². The summed E-state index contributed by atoms with van der Waals surface area (Å²) >= 11 is 1.49. The first-order chi connectivity index (χ1) is 8.06. The van der Waals surface area contributed by atoms with Crippen molar-refractivity contribution in [2.24, 2.45) is 5.73 Å². The van der Waals surface area contributed by atoms with E-state index in [9.17, 15) is 4.79 Å². The molecule has 0 aliphatic carbocycles. The molecule has 2 heterocycles. The molecule has 17 heavy (non-hydrogen) atoms. The van der Waals surface area contributed by atoms with Crippen LogP contribution in [0, 0.1) is 13.8 Å². The highest BCUT2D eigenvalue weighted by molar-refractivity contribution is 7.16. The molecule has 5 heteroatoms. The molecule has 0 atom stereocenters. The summed E-state index contributed by atoms with van der Waals surface area (Å²) in [6.07, 6.45) is 0. The fourth-order valence-corrected chi connectivity index (χ4v) is 2.44. The normalized spacial score (nSPS) is 10.2. The third-order valence-electron chi connectivity index (χ3n) is 2.25. The minimum atomic E-state index is -0.426. The Bertz CT molecular complexity index is 563. The first kappa shape index (κ1) is 11.6. The smallest absolute Gasteiger partial charge is 0.251 e. The van der Waals surface area contributed by atoms with Gasteiger partial charge in [-0.3, -0.25) is 4.79 Å². The number of carbonyl (C=O) groups excluding carboxylic acids is 1. The average molecular weight is 247 g/mol. The average Bonchev–Trinajstić information content (AvgIpc) is 2.59. The molecule has 0 radical (unpaired) electrons. The predicted octanol–water partition coefficient (Wildman–Crippen LogP) is 2.60. The molecule has 88 valence electrons. The van der Waals surface area contributed by atoms with Crippen LogP contribution in [0.4, 0.5) is 10.8 Å². The number of thiophene rings is 1. The van der Waals surface area contributed by atoms with Gasteiger partial charge in [-0.15, -0.1) is 11.3 Å². The number of rotatable bonds is 3. The number of amides is 1. The lowest BCUT2D eigenvalue weighted by atomic mass is 10.3. The summed E-state index contributed by atoms with van der Waals surface area (Å²) in [6.45, 7) is 3.85. The Kier molecular flexibility index (Phi) is 3.10. The van der Waals surface area contributed by atoms with Crippen molar-refractivity contribution in [3.05, 3.63) is 40.4 Å². The molecule has 0 unspecified atom stereocenters. The van der Waals surface area contributed by atoms with Crippen molar-refractivity contribution in [3.8, 4) is 0 Å². The molecule has 0 saturated carbocycles. The van der Waals surface area contributed by atoms with E-state index in [0.717, 1.165) is 15.6 Å². The summed E-state index contributed by atoms with van der Waals surface area (Å²) < 4.78 is 0. The van der Waals surface area contributed by atoms with Crippen LogP contribution >= 0.6 is 11.3 Å². The van der Waals surface area contributed by atoms with Gasteiger partial charge >= 0.3 is 0 Å². The molecule has 0 aliphatic rings. The van der Waals surface area contributed by atoms with Gasteiger partial charge in [0.1, 0.15) is 10.8 Å². The number of aryl methyl sites for hydroxylation is 2. The van der Waals surface area contributed by atoms with Gasteiger partial charge in [0, 0.05) is 10.6 Å². The van der Waals surface area contributed by atoms with Crippen LogP contribution < -0.4 is 11.1 Å². The van der Waals surface area contributed by atoms with Gasteiger partial charge in [0.25, 0.3) is 5.91 Å². The number of nitrogens with zero attached hydrogens (tertiary/aromatic N) is 1. The zero-order valence-corrected chi connectivity index (χ0v) is 10.5. The maximum Gasteiger partial charge on any atom is 0.251 e. The Balaban J connectivity index is 2.32. The van der Waals surface area contributed by atoms with Crippen molar-refractivity contribution in [1.29, 1.82) is 0 Å². The number of primary amides is 1. The number of aromatic nitrogens is 1. The SMILES string of the molecule is Cc1cccc(Nc2sc(C)cc2C(N)=O)n1. The molecule has 2 aromatic heterocycles. The fourth-order valence-electron chi connectivity index (χ4n) is 1.52. The Morgan fingerprint density at radius 2 is 2.18 bits per heavy atom. The minimum absolute atomic E-state index is 0.426. The number of pyridine rings is 1. The van der Waals surface area contributed by atoms with Gasteiger partial charge in [-0.05, 0) is 32.0 Å². The van der Waals surface area contributed by atoms with Gasteiger partial charge in [-0.25, -0.2) is 4.98 Å². The predicted molar refractivity (Wildman–Crippen MR) is 69.8 cm³/mol. The molecule has 0 bridgehead atoms. The van der Waals surface area contributed by atoms with Gasteiger partial charge in [0.05, 0.1) is 5.56 Å². The maximum atomic E-state index is 11.3. The molecule has 2 rings (SSSR count). The van der Waals surface area contributed by atoms with Gasteiger partial charge in [0.2, 0.25) is 0 Å². The van der Waals surface area contributed by atoms with Crippen LogP contribution in [0.25, 0.3) is 0 Å². The van der Waals surface area contributed by atoms with E-state index < -0.39 is 5.91 Å². The molecule has 0 spiro atoms. The zero-order chi connectivity index (χ0) is 12.4. The van der Waals surface area contributed by atoms with Crippen LogP contribution in [0.15, 0.2) is 24.3 Å². The topological polar surface area (TPSA) is 68.0 Å². The third-order valence-corrected chi connectivity index (χ3v) is 3.22. The molecule has 0 saturated heterocycles. The Morgan fingerprint density at radius 1 is 1.41 bits per heavy atom. The summed E-state index contributed by atoms with van der Waals surface area (Å²) in [5, 5.41) is 3.87. The Labute approximate surface area is 103 Å². The van der Waals surface area contributed by atoms with E-state index in [2.05, 4.69) is 10.3 Å². The molecule has 1 amide bonds. The van der Waals surface area contributed by atoms with Crippen LogP contribution in [0.3, 0.4) is 0 Å². The van der Waals surface area contributed by atoms with Crippen LogP contribution in [-0.2, 0) is 0 Å². The summed E-state index contributed by atoms with van der Waals surface area (Å²) in [7, 11) is 0. The highest BCUT2D eigenvalue weighted by atomic mass is 32.1. The molecular weight excluding hydrogens is 234 g/mol. The zero-order valence-electron chi connectivity index (χ0n) is 9.65. The van der Waals surface area contributed by atoms with Gasteiger partial charge in [-0.2, -0.15) is 0 Å². The van der Waals surface area contributed by atoms with Crippen molar-refractivity contribution in [2.75, 3.05) is 5.32 Å². The monoisotopic (exact) mass is 247 g/mol. The second-order valence-corrected chi connectivity index (χ2v) is 5.01. The van der Waals surface area contributed by atoms with E-state index in [1.54, 1.807) is 6.07 Å².